The quantitative estimate of drug-likeness (QED) is 0.849. The van der Waals surface area contributed by atoms with Crippen molar-refractivity contribution >= 4 is 23.3 Å². The third kappa shape index (κ3) is 4.39. The number of pyridine rings is 1. The summed E-state index contributed by atoms with van der Waals surface area (Å²) in [5.74, 6) is -0.135. The highest BCUT2D eigenvalue weighted by molar-refractivity contribution is 6.33. The van der Waals surface area contributed by atoms with E-state index in [-0.39, 0.29) is 28.9 Å². The van der Waals surface area contributed by atoms with Crippen LogP contribution in [0.2, 0.25) is 5.02 Å². The van der Waals surface area contributed by atoms with Gasteiger partial charge in [-0.1, -0.05) is 11.6 Å². The fourth-order valence-electron chi connectivity index (χ4n) is 1.46. The molecule has 1 aromatic rings. The molecule has 0 aromatic carbocycles. The second-order valence-electron chi connectivity index (χ2n) is 3.76. The van der Waals surface area contributed by atoms with Crippen molar-refractivity contribution in [1.82, 2.24) is 9.88 Å². The Morgan fingerprint density at radius 1 is 1.58 bits per heavy atom. The Bertz CT molecular complexity index is 487. The summed E-state index contributed by atoms with van der Waals surface area (Å²) < 4.78 is 4.94. The van der Waals surface area contributed by atoms with Gasteiger partial charge >= 0.3 is 0 Å². The SMILES string of the molecule is COCCN(CCC#N)C(=O)c1nc(N)ccc1Cl. The van der Waals surface area contributed by atoms with Gasteiger partial charge in [-0.2, -0.15) is 5.26 Å². The summed E-state index contributed by atoms with van der Waals surface area (Å²) in [7, 11) is 1.54. The van der Waals surface area contributed by atoms with Crippen molar-refractivity contribution in [1.29, 1.82) is 5.26 Å². The van der Waals surface area contributed by atoms with E-state index in [1.54, 1.807) is 7.11 Å². The zero-order chi connectivity index (χ0) is 14.3. The maximum atomic E-state index is 12.3. The van der Waals surface area contributed by atoms with Gasteiger partial charge in [0.1, 0.15) is 11.5 Å². The van der Waals surface area contributed by atoms with E-state index >= 15 is 0 Å². The van der Waals surface area contributed by atoms with Crippen molar-refractivity contribution in [2.75, 3.05) is 32.5 Å². The summed E-state index contributed by atoms with van der Waals surface area (Å²) in [5, 5.41) is 8.85. The Labute approximate surface area is 116 Å². The lowest BCUT2D eigenvalue weighted by molar-refractivity contribution is 0.0694. The van der Waals surface area contributed by atoms with E-state index in [2.05, 4.69) is 4.98 Å². The first-order valence-corrected chi connectivity index (χ1v) is 6.05. The molecule has 0 aliphatic rings. The van der Waals surface area contributed by atoms with Gasteiger partial charge in [0, 0.05) is 20.2 Å². The second-order valence-corrected chi connectivity index (χ2v) is 4.17. The van der Waals surface area contributed by atoms with Crippen LogP contribution in [-0.2, 0) is 4.74 Å². The second kappa shape index (κ2) is 7.56. The Morgan fingerprint density at radius 2 is 2.32 bits per heavy atom. The van der Waals surface area contributed by atoms with Crippen LogP contribution in [0, 0.1) is 11.3 Å². The molecular weight excluding hydrogens is 268 g/mol. The van der Waals surface area contributed by atoms with E-state index in [4.69, 9.17) is 27.3 Å². The fraction of sp³-hybridized carbons (Fsp3) is 0.417. The zero-order valence-electron chi connectivity index (χ0n) is 10.6. The molecule has 102 valence electrons. The van der Waals surface area contributed by atoms with Crippen LogP contribution < -0.4 is 5.73 Å². The first kappa shape index (κ1) is 15.2. The lowest BCUT2D eigenvalue weighted by Crippen LogP contribution is -2.35. The molecule has 0 unspecified atom stereocenters. The number of methoxy groups -OCH3 is 1. The average Bonchev–Trinajstić information content (AvgIpc) is 2.41. The standard InChI is InChI=1S/C12H15ClN4O2/c1-19-8-7-17(6-2-5-14)12(18)11-9(13)3-4-10(15)16-11/h3-4H,2,6-8H2,1H3,(H2,15,16). The van der Waals surface area contributed by atoms with Crippen molar-refractivity contribution in [2.45, 2.75) is 6.42 Å². The molecule has 0 atom stereocenters. The third-order valence-electron chi connectivity index (χ3n) is 2.42. The number of hydrogen-bond acceptors (Lipinski definition) is 5. The first-order chi connectivity index (χ1) is 9.10. The number of rotatable bonds is 6. The minimum Gasteiger partial charge on any atom is -0.384 e. The van der Waals surface area contributed by atoms with Gasteiger partial charge in [0.15, 0.2) is 0 Å². The maximum Gasteiger partial charge on any atom is 0.274 e. The number of ether oxygens (including phenoxy) is 1. The van der Waals surface area contributed by atoms with Crippen molar-refractivity contribution in [3.8, 4) is 6.07 Å². The van der Waals surface area contributed by atoms with Crippen LogP contribution in [0.15, 0.2) is 12.1 Å². The molecule has 0 saturated heterocycles. The van der Waals surface area contributed by atoms with Gasteiger partial charge in [-0.25, -0.2) is 4.98 Å². The van der Waals surface area contributed by atoms with E-state index < -0.39 is 0 Å². The molecule has 0 aliphatic carbocycles. The van der Waals surface area contributed by atoms with E-state index in [1.807, 2.05) is 6.07 Å². The molecule has 19 heavy (non-hydrogen) atoms. The number of nitrogen functional groups attached to an aromatic ring is 1. The summed E-state index contributed by atoms with van der Waals surface area (Å²) in [6.45, 7) is 1.03. The molecule has 6 nitrogen and oxygen atoms in total. The number of nitrogens with zero attached hydrogens (tertiary/aromatic N) is 3. The van der Waals surface area contributed by atoms with Crippen molar-refractivity contribution in [3.05, 3.63) is 22.8 Å². The molecule has 1 rings (SSSR count). The molecule has 0 saturated carbocycles. The predicted molar refractivity (Wildman–Crippen MR) is 71.7 cm³/mol. The monoisotopic (exact) mass is 282 g/mol. The number of amides is 1. The Kier molecular flexibility index (Phi) is 6.06. The van der Waals surface area contributed by atoms with Crippen LogP contribution in [0.25, 0.3) is 0 Å². The minimum absolute atomic E-state index is 0.0932. The fourth-order valence-corrected chi connectivity index (χ4v) is 1.64. The highest BCUT2D eigenvalue weighted by Crippen LogP contribution is 2.17. The Balaban J connectivity index is 2.91. The largest absolute Gasteiger partial charge is 0.384 e. The molecule has 1 heterocycles. The minimum atomic E-state index is -0.357. The number of nitrogens with two attached hydrogens (primary N) is 1. The highest BCUT2D eigenvalue weighted by Gasteiger charge is 2.19. The average molecular weight is 283 g/mol. The van der Waals surface area contributed by atoms with Gasteiger partial charge in [-0.15, -0.1) is 0 Å². The molecule has 0 fully saturated rings. The van der Waals surface area contributed by atoms with Gasteiger partial charge < -0.3 is 15.4 Å². The van der Waals surface area contributed by atoms with Crippen molar-refractivity contribution in [2.24, 2.45) is 0 Å². The van der Waals surface area contributed by atoms with Crippen LogP contribution >= 0.6 is 11.6 Å². The first-order valence-electron chi connectivity index (χ1n) is 5.67. The molecule has 2 N–H and O–H groups in total. The van der Waals surface area contributed by atoms with Gasteiger partial charge in [-0.05, 0) is 12.1 Å². The Hall–Kier alpha value is -1.84. The van der Waals surface area contributed by atoms with E-state index in [0.29, 0.717) is 19.7 Å². The van der Waals surface area contributed by atoms with Gasteiger partial charge in [0.05, 0.1) is 24.1 Å². The zero-order valence-corrected chi connectivity index (χ0v) is 11.4. The van der Waals surface area contributed by atoms with Crippen LogP contribution in [0.4, 0.5) is 5.82 Å². The summed E-state index contributed by atoms with van der Waals surface area (Å²) in [5.41, 5.74) is 5.64. The van der Waals surface area contributed by atoms with E-state index in [1.165, 1.54) is 17.0 Å². The predicted octanol–water partition coefficient (Wildman–Crippen LogP) is 1.32. The molecule has 1 amide bonds. The van der Waals surface area contributed by atoms with Crippen LogP contribution in [0.3, 0.4) is 0 Å². The smallest absolute Gasteiger partial charge is 0.274 e. The molecular formula is C12H15ClN4O2. The molecule has 0 bridgehead atoms. The summed E-state index contributed by atoms with van der Waals surface area (Å²) in [6.07, 6.45) is 0.232. The van der Waals surface area contributed by atoms with E-state index in [0.717, 1.165) is 0 Å². The molecule has 7 heteroatoms. The number of halogens is 1. The molecule has 0 spiro atoms. The topological polar surface area (TPSA) is 92.2 Å². The van der Waals surface area contributed by atoms with Gasteiger partial charge in [0.2, 0.25) is 0 Å². The highest BCUT2D eigenvalue weighted by atomic mass is 35.5. The molecule has 0 radical (unpaired) electrons. The molecule has 0 aliphatic heterocycles. The lowest BCUT2D eigenvalue weighted by atomic mass is 10.3. The lowest BCUT2D eigenvalue weighted by Gasteiger charge is -2.21. The number of carbonyl (C=O) groups is 1. The molecule has 1 aromatic heterocycles. The normalized spacial score (nSPS) is 9.95. The summed E-state index contributed by atoms with van der Waals surface area (Å²) in [4.78, 5) is 17.7. The number of nitriles is 1. The van der Waals surface area contributed by atoms with Gasteiger partial charge in [0.25, 0.3) is 5.91 Å². The van der Waals surface area contributed by atoms with Crippen LogP contribution in [-0.4, -0.2) is 42.6 Å². The van der Waals surface area contributed by atoms with Crippen molar-refractivity contribution < 1.29 is 9.53 Å². The maximum absolute atomic E-state index is 12.3. The van der Waals surface area contributed by atoms with E-state index in [9.17, 15) is 4.79 Å². The summed E-state index contributed by atoms with van der Waals surface area (Å²) in [6, 6.07) is 5.04. The van der Waals surface area contributed by atoms with Crippen LogP contribution in [0.1, 0.15) is 16.9 Å². The number of aromatic nitrogens is 1. The number of carbonyl (C=O) groups excluding carboxylic acids is 1. The Morgan fingerprint density at radius 3 is 2.95 bits per heavy atom. The number of anilines is 1. The van der Waals surface area contributed by atoms with Crippen LogP contribution in [0.5, 0.6) is 0 Å². The summed E-state index contributed by atoms with van der Waals surface area (Å²) >= 11 is 5.94. The van der Waals surface area contributed by atoms with Crippen molar-refractivity contribution in [3.63, 3.8) is 0 Å². The van der Waals surface area contributed by atoms with Gasteiger partial charge in [-0.3, -0.25) is 4.79 Å². The number of hydrogen-bond donors (Lipinski definition) is 1. The third-order valence-corrected chi connectivity index (χ3v) is 2.72.